The van der Waals surface area contributed by atoms with Crippen LogP contribution in [0.2, 0.25) is 0 Å². The smallest absolute Gasteiger partial charge is 0.322 e. The normalized spacial score (nSPS) is 13.4. The summed E-state index contributed by atoms with van der Waals surface area (Å²) in [5, 5.41) is 15.9. The zero-order valence-electron chi connectivity index (χ0n) is 16.8. The van der Waals surface area contributed by atoms with Crippen molar-refractivity contribution in [2.45, 2.75) is 37.4 Å². The molecule has 0 fully saturated rings. The molecular weight excluding hydrogens is 434 g/mol. The molecule has 10 N–H and O–H groups in total. The number of guanidine groups is 1. The first-order chi connectivity index (χ1) is 14.1. The molecular formula is C16H31N7O5S2. The number of hydrogen-bond donors (Lipinski definition) is 8. The minimum Gasteiger partial charge on any atom is -0.480 e. The summed E-state index contributed by atoms with van der Waals surface area (Å²) in [5.74, 6) is -2.52. The standard InChI is InChI=1S/C16H31N7O5S2/c1-30-6-4-10(14(27)21-7-12(24)25)22-15(28)11(8-29)23-13(26)9(17)3-2-5-20-16(18)19/h9-11,29H,2-8,17H2,1H3,(H,21,27)(H,22,28)(H,23,26)(H,24,25)(H4,18,19,20). The number of aliphatic imine (C=N–C) groups is 1. The lowest BCUT2D eigenvalue weighted by Gasteiger charge is -2.23. The molecule has 30 heavy (non-hydrogen) atoms. The second-order valence-corrected chi connectivity index (χ2v) is 7.60. The molecule has 0 aromatic heterocycles. The van der Waals surface area contributed by atoms with Crippen molar-refractivity contribution >= 4 is 54.0 Å². The molecule has 3 amide bonds. The van der Waals surface area contributed by atoms with E-state index in [1.54, 1.807) is 0 Å². The first-order valence-corrected chi connectivity index (χ1v) is 11.2. The summed E-state index contributed by atoms with van der Waals surface area (Å²) in [6.07, 6.45) is 2.90. The van der Waals surface area contributed by atoms with Crippen LogP contribution in [0.1, 0.15) is 19.3 Å². The van der Waals surface area contributed by atoms with E-state index in [9.17, 15) is 19.2 Å². The van der Waals surface area contributed by atoms with E-state index in [0.29, 0.717) is 25.1 Å². The van der Waals surface area contributed by atoms with Gasteiger partial charge in [-0.25, -0.2) is 0 Å². The van der Waals surface area contributed by atoms with Crippen molar-refractivity contribution in [1.29, 1.82) is 0 Å². The summed E-state index contributed by atoms with van der Waals surface area (Å²) in [7, 11) is 0. The molecule has 0 radical (unpaired) electrons. The van der Waals surface area contributed by atoms with Crippen LogP contribution < -0.4 is 33.2 Å². The van der Waals surface area contributed by atoms with Gasteiger partial charge < -0.3 is 38.3 Å². The van der Waals surface area contributed by atoms with Gasteiger partial charge >= 0.3 is 5.97 Å². The summed E-state index contributed by atoms with van der Waals surface area (Å²) >= 11 is 5.54. The first kappa shape index (κ1) is 27.8. The number of nitrogens with two attached hydrogens (primary N) is 3. The van der Waals surface area contributed by atoms with Crippen molar-refractivity contribution in [1.82, 2.24) is 16.0 Å². The summed E-state index contributed by atoms with van der Waals surface area (Å²) < 4.78 is 0. The molecule has 0 saturated heterocycles. The molecule has 172 valence electrons. The highest BCUT2D eigenvalue weighted by Gasteiger charge is 2.27. The number of aliphatic carboxylic acids is 1. The Morgan fingerprint density at radius 1 is 1.07 bits per heavy atom. The number of thioether (sulfide) groups is 1. The molecule has 0 bridgehead atoms. The minimum absolute atomic E-state index is 0.0235. The van der Waals surface area contributed by atoms with Crippen LogP contribution in [0.4, 0.5) is 0 Å². The third kappa shape index (κ3) is 12.4. The van der Waals surface area contributed by atoms with Crippen molar-refractivity contribution < 1.29 is 24.3 Å². The van der Waals surface area contributed by atoms with Crippen molar-refractivity contribution in [3.8, 4) is 0 Å². The summed E-state index contributed by atoms with van der Waals surface area (Å²) in [6.45, 7) is -0.242. The monoisotopic (exact) mass is 465 g/mol. The maximum absolute atomic E-state index is 12.5. The Kier molecular flexibility index (Phi) is 14.5. The Morgan fingerprint density at radius 2 is 1.70 bits per heavy atom. The van der Waals surface area contributed by atoms with Gasteiger partial charge in [-0.1, -0.05) is 0 Å². The number of nitrogens with zero attached hydrogens (tertiary/aromatic N) is 1. The Hall–Kier alpha value is -2.19. The Labute approximate surface area is 184 Å². The van der Waals surface area contributed by atoms with E-state index in [4.69, 9.17) is 22.3 Å². The number of nitrogens with one attached hydrogen (secondary N) is 3. The fourth-order valence-corrected chi connectivity index (χ4v) is 2.91. The van der Waals surface area contributed by atoms with E-state index in [0.717, 1.165) is 0 Å². The van der Waals surface area contributed by atoms with E-state index in [-0.39, 0.29) is 18.1 Å². The number of hydrogen-bond acceptors (Lipinski definition) is 8. The molecule has 12 nitrogen and oxygen atoms in total. The summed E-state index contributed by atoms with van der Waals surface area (Å²) in [5.41, 5.74) is 16.3. The van der Waals surface area contributed by atoms with E-state index in [1.807, 2.05) is 6.26 Å². The molecule has 0 saturated carbocycles. The van der Waals surface area contributed by atoms with Crippen LogP contribution in [-0.2, 0) is 19.2 Å². The average Bonchev–Trinajstić information content (AvgIpc) is 2.69. The number of thiol groups is 1. The lowest BCUT2D eigenvalue weighted by molar-refractivity contribution is -0.138. The fraction of sp³-hybridized carbons (Fsp3) is 0.688. The molecule has 0 aromatic carbocycles. The number of rotatable bonds is 15. The van der Waals surface area contributed by atoms with E-state index < -0.39 is 48.4 Å². The van der Waals surface area contributed by atoms with Gasteiger partial charge in [0, 0.05) is 12.3 Å². The van der Waals surface area contributed by atoms with Gasteiger partial charge in [-0.3, -0.25) is 24.2 Å². The predicted octanol–water partition coefficient (Wildman–Crippen LogP) is -2.78. The van der Waals surface area contributed by atoms with Gasteiger partial charge in [-0.2, -0.15) is 24.4 Å². The Bertz CT molecular complexity index is 617. The van der Waals surface area contributed by atoms with Crippen molar-refractivity contribution in [3.05, 3.63) is 0 Å². The molecule has 0 heterocycles. The van der Waals surface area contributed by atoms with Gasteiger partial charge in [0.15, 0.2) is 5.96 Å². The highest BCUT2D eigenvalue weighted by atomic mass is 32.2. The highest BCUT2D eigenvalue weighted by molar-refractivity contribution is 7.98. The van der Waals surface area contributed by atoms with Crippen LogP contribution in [-0.4, -0.2) is 83.7 Å². The quantitative estimate of drug-likeness (QED) is 0.0542. The van der Waals surface area contributed by atoms with Crippen LogP contribution in [0, 0.1) is 0 Å². The van der Waals surface area contributed by atoms with E-state index in [2.05, 4.69) is 33.6 Å². The van der Waals surface area contributed by atoms with E-state index in [1.165, 1.54) is 11.8 Å². The minimum atomic E-state index is -1.20. The second-order valence-electron chi connectivity index (χ2n) is 6.25. The van der Waals surface area contributed by atoms with Crippen molar-refractivity contribution in [2.75, 3.05) is 30.9 Å². The number of carbonyl (C=O) groups is 4. The van der Waals surface area contributed by atoms with Gasteiger partial charge in [-0.05, 0) is 31.3 Å². The van der Waals surface area contributed by atoms with Gasteiger partial charge in [0.05, 0.1) is 6.04 Å². The number of carbonyl (C=O) groups excluding carboxylic acids is 3. The molecule has 0 aliphatic rings. The van der Waals surface area contributed by atoms with Crippen LogP contribution in [0.25, 0.3) is 0 Å². The van der Waals surface area contributed by atoms with Crippen molar-refractivity contribution in [2.24, 2.45) is 22.2 Å². The third-order valence-electron chi connectivity index (χ3n) is 3.78. The lowest BCUT2D eigenvalue weighted by Crippen LogP contribution is -2.56. The zero-order chi connectivity index (χ0) is 23.1. The summed E-state index contributed by atoms with van der Waals surface area (Å²) in [4.78, 5) is 51.3. The van der Waals surface area contributed by atoms with Crippen molar-refractivity contribution in [3.63, 3.8) is 0 Å². The fourth-order valence-electron chi connectivity index (χ4n) is 2.19. The topological polar surface area (TPSA) is 215 Å². The highest BCUT2D eigenvalue weighted by Crippen LogP contribution is 2.03. The SMILES string of the molecule is CSCCC(NC(=O)C(CS)NC(=O)C(N)CCCN=C(N)N)C(=O)NCC(=O)O. The zero-order valence-corrected chi connectivity index (χ0v) is 18.5. The Morgan fingerprint density at radius 3 is 2.23 bits per heavy atom. The van der Waals surface area contributed by atoms with Gasteiger partial charge in [0.1, 0.15) is 18.6 Å². The van der Waals surface area contributed by atoms with Crippen LogP contribution in [0.5, 0.6) is 0 Å². The number of carboxylic acids is 1. The second kappa shape index (κ2) is 15.6. The van der Waals surface area contributed by atoms with Crippen LogP contribution >= 0.6 is 24.4 Å². The van der Waals surface area contributed by atoms with Gasteiger partial charge in [0.25, 0.3) is 0 Å². The molecule has 0 aromatic rings. The van der Waals surface area contributed by atoms with Gasteiger partial charge in [-0.15, -0.1) is 0 Å². The predicted molar refractivity (Wildman–Crippen MR) is 119 cm³/mol. The van der Waals surface area contributed by atoms with Crippen LogP contribution in [0.15, 0.2) is 4.99 Å². The first-order valence-electron chi connectivity index (χ1n) is 9.13. The number of amides is 3. The maximum atomic E-state index is 12.5. The third-order valence-corrected chi connectivity index (χ3v) is 4.79. The molecule has 0 aliphatic heterocycles. The molecule has 0 spiro atoms. The molecule has 0 rings (SSSR count). The number of carboxylic acid groups (broad SMARTS) is 1. The van der Waals surface area contributed by atoms with E-state index >= 15 is 0 Å². The molecule has 3 unspecified atom stereocenters. The molecule has 14 heteroatoms. The lowest BCUT2D eigenvalue weighted by atomic mass is 10.1. The summed E-state index contributed by atoms with van der Waals surface area (Å²) in [6, 6.07) is -2.84. The van der Waals surface area contributed by atoms with Crippen LogP contribution in [0.3, 0.4) is 0 Å². The molecule has 0 aliphatic carbocycles. The van der Waals surface area contributed by atoms with Gasteiger partial charge in [0.2, 0.25) is 17.7 Å². The molecule has 3 atom stereocenters. The Balaban J connectivity index is 4.81. The maximum Gasteiger partial charge on any atom is 0.322 e. The largest absolute Gasteiger partial charge is 0.480 e. The average molecular weight is 466 g/mol.